The molecule has 1 heterocycles. The molecule has 0 unspecified atom stereocenters. The van der Waals surface area contributed by atoms with Crippen LogP contribution in [0.15, 0.2) is 12.4 Å². The number of amides is 2. The summed E-state index contributed by atoms with van der Waals surface area (Å²) in [4.78, 5) is 11.6. The van der Waals surface area contributed by atoms with Gasteiger partial charge in [0.05, 0.1) is 17.7 Å². The molecule has 0 radical (unpaired) electrons. The Balaban J connectivity index is 2.49. The Kier molecular flexibility index (Phi) is 4.67. The zero-order chi connectivity index (χ0) is 15.6. The summed E-state index contributed by atoms with van der Waals surface area (Å²) in [6, 6.07) is -0.976. The van der Waals surface area contributed by atoms with Gasteiger partial charge in [0.15, 0.2) is 0 Å². The Morgan fingerprint density at radius 1 is 1.45 bits per heavy atom. The number of aryl methyl sites for hydroxylation is 1. The van der Waals surface area contributed by atoms with Crippen molar-refractivity contribution in [2.24, 2.45) is 12.5 Å². The third-order valence-corrected chi connectivity index (χ3v) is 3.03. The monoisotopic (exact) mass is 292 g/mol. The minimum absolute atomic E-state index is 0.335. The number of alkyl halides is 3. The number of nitrogens with zero attached hydrogens (tertiary/aromatic N) is 2. The quantitative estimate of drug-likeness (QED) is 0.895. The van der Waals surface area contributed by atoms with Crippen molar-refractivity contribution < 1.29 is 18.0 Å². The summed E-state index contributed by atoms with van der Waals surface area (Å²) >= 11 is 0. The first-order valence-electron chi connectivity index (χ1n) is 6.12. The first-order chi connectivity index (χ1) is 9.03. The lowest BCUT2D eigenvalue weighted by molar-refractivity contribution is -0.208. The molecule has 0 saturated heterocycles. The Labute approximate surface area is 115 Å². The van der Waals surface area contributed by atoms with Crippen LogP contribution in [0.25, 0.3) is 0 Å². The predicted octanol–water partition coefficient (Wildman–Crippen LogP) is 2.37. The van der Waals surface area contributed by atoms with Crippen LogP contribution in [-0.4, -0.2) is 28.5 Å². The third-order valence-electron chi connectivity index (χ3n) is 3.03. The molecule has 0 aliphatic heterocycles. The van der Waals surface area contributed by atoms with Gasteiger partial charge < -0.3 is 10.6 Å². The first kappa shape index (κ1) is 16.3. The number of hydrogen-bond donors (Lipinski definition) is 2. The molecule has 114 valence electrons. The summed E-state index contributed by atoms with van der Waals surface area (Å²) in [6.45, 7) is 3.32. The van der Waals surface area contributed by atoms with Gasteiger partial charge in [-0.05, 0) is 20.8 Å². The van der Waals surface area contributed by atoms with Gasteiger partial charge in [0.1, 0.15) is 0 Å². The zero-order valence-corrected chi connectivity index (χ0v) is 11.9. The number of aromatic nitrogens is 2. The first-order valence-corrected chi connectivity index (χ1v) is 6.12. The summed E-state index contributed by atoms with van der Waals surface area (Å²) in [5.41, 5.74) is -1.19. The fraction of sp³-hybridized carbons (Fsp3) is 0.667. The molecule has 0 saturated carbocycles. The zero-order valence-electron chi connectivity index (χ0n) is 11.9. The Morgan fingerprint density at radius 3 is 2.50 bits per heavy atom. The number of carbonyl (C=O) groups excluding carboxylic acids is 1. The topological polar surface area (TPSA) is 59.0 Å². The van der Waals surface area contributed by atoms with Crippen molar-refractivity contribution in [3.63, 3.8) is 0 Å². The molecule has 8 heteroatoms. The van der Waals surface area contributed by atoms with Crippen molar-refractivity contribution in [1.29, 1.82) is 0 Å². The van der Waals surface area contributed by atoms with E-state index < -0.39 is 24.2 Å². The highest BCUT2D eigenvalue weighted by Crippen LogP contribution is 2.36. The molecule has 2 amide bonds. The molecule has 0 aromatic carbocycles. The lowest BCUT2D eigenvalue weighted by atomic mass is 9.93. The number of nitrogens with one attached hydrogen (secondary N) is 2. The summed E-state index contributed by atoms with van der Waals surface area (Å²) in [5.74, 6) is 0. The fourth-order valence-corrected chi connectivity index (χ4v) is 1.40. The molecule has 0 aliphatic carbocycles. The van der Waals surface area contributed by atoms with E-state index in [0.717, 1.165) is 19.4 Å². The van der Waals surface area contributed by atoms with E-state index in [1.165, 1.54) is 0 Å². The molecule has 1 atom stereocenters. The standard InChI is InChI=1S/C12H19F3N4O/c1-8(9-5-17-19(4)6-9)18-10(20)16-7-11(2,3)12(13,14)15/h5-6,8H,7H2,1-4H3,(H2,16,18,20)/t8-/m0/s1. The normalized spacial score (nSPS) is 13.9. The van der Waals surface area contributed by atoms with E-state index >= 15 is 0 Å². The smallest absolute Gasteiger partial charge is 0.337 e. The number of carbonyl (C=O) groups is 1. The van der Waals surface area contributed by atoms with Crippen LogP contribution in [0.1, 0.15) is 32.4 Å². The van der Waals surface area contributed by atoms with E-state index in [-0.39, 0.29) is 6.04 Å². The number of urea groups is 1. The van der Waals surface area contributed by atoms with Gasteiger partial charge >= 0.3 is 12.2 Å². The molecule has 1 aromatic rings. The maximum atomic E-state index is 12.6. The summed E-state index contributed by atoms with van der Waals surface area (Å²) in [6.07, 6.45) is -1.05. The molecule has 20 heavy (non-hydrogen) atoms. The van der Waals surface area contributed by atoms with Crippen LogP contribution in [0.2, 0.25) is 0 Å². The van der Waals surface area contributed by atoms with Crippen LogP contribution in [0.4, 0.5) is 18.0 Å². The Hall–Kier alpha value is -1.73. The molecular weight excluding hydrogens is 273 g/mol. The van der Waals surface area contributed by atoms with Crippen molar-refractivity contribution in [2.45, 2.75) is 33.0 Å². The van der Waals surface area contributed by atoms with Gasteiger partial charge in [-0.3, -0.25) is 4.68 Å². The highest BCUT2D eigenvalue weighted by molar-refractivity contribution is 5.74. The van der Waals surface area contributed by atoms with E-state index in [2.05, 4.69) is 15.7 Å². The van der Waals surface area contributed by atoms with Crippen molar-refractivity contribution >= 4 is 6.03 Å². The van der Waals surface area contributed by atoms with Gasteiger partial charge in [0.25, 0.3) is 0 Å². The maximum absolute atomic E-state index is 12.6. The second kappa shape index (κ2) is 5.72. The predicted molar refractivity (Wildman–Crippen MR) is 68.0 cm³/mol. The van der Waals surface area contributed by atoms with Gasteiger partial charge in [0, 0.05) is 25.4 Å². The molecule has 1 rings (SSSR count). The van der Waals surface area contributed by atoms with Crippen molar-refractivity contribution in [3.05, 3.63) is 18.0 Å². The molecule has 2 N–H and O–H groups in total. The van der Waals surface area contributed by atoms with Crippen molar-refractivity contribution in [1.82, 2.24) is 20.4 Å². The molecular formula is C12H19F3N4O. The average molecular weight is 292 g/mol. The van der Waals surface area contributed by atoms with Crippen molar-refractivity contribution in [2.75, 3.05) is 6.54 Å². The molecule has 1 aromatic heterocycles. The van der Waals surface area contributed by atoms with Gasteiger partial charge in [-0.1, -0.05) is 0 Å². The van der Waals surface area contributed by atoms with Crippen LogP contribution in [0, 0.1) is 5.41 Å². The largest absolute Gasteiger partial charge is 0.395 e. The van der Waals surface area contributed by atoms with Gasteiger partial charge in [-0.25, -0.2) is 4.79 Å². The number of hydrogen-bond acceptors (Lipinski definition) is 2. The lowest BCUT2D eigenvalue weighted by Crippen LogP contribution is -2.46. The van der Waals surface area contributed by atoms with E-state index in [0.29, 0.717) is 0 Å². The second-order valence-corrected chi connectivity index (χ2v) is 5.38. The average Bonchev–Trinajstić information content (AvgIpc) is 2.72. The Morgan fingerprint density at radius 2 is 2.05 bits per heavy atom. The SMILES string of the molecule is C[C@H](NC(=O)NCC(C)(C)C(F)(F)F)c1cnn(C)c1. The molecule has 0 aliphatic rings. The molecule has 0 spiro atoms. The number of halogens is 3. The summed E-state index contributed by atoms with van der Waals surface area (Å²) in [7, 11) is 1.74. The van der Waals surface area contributed by atoms with E-state index in [4.69, 9.17) is 0 Å². The van der Waals surface area contributed by atoms with Crippen LogP contribution in [0.3, 0.4) is 0 Å². The van der Waals surface area contributed by atoms with Crippen LogP contribution in [0.5, 0.6) is 0 Å². The highest BCUT2D eigenvalue weighted by Gasteiger charge is 2.47. The molecule has 0 bridgehead atoms. The van der Waals surface area contributed by atoms with Gasteiger partial charge in [-0.2, -0.15) is 18.3 Å². The Bertz CT molecular complexity index is 468. The van der Waals surface area contributed by atoms with Gasteiger partial charge in [-0.15, -0.1) is 0 Å². The van der Waals surface area contributed by atoms with E-state index in [1.807, 2.05) is 0 Å². The summed E-state index contributed by atoms with van der Waals surface area (Å²) in [5, 5.41) is 8.76. The fourth-order valence-electron chi connectivity index (χ4n) is 1.40. The number of rotatable bonds is 4. The second-order valence-electron chi connectivity index (χ2n) is 5.38. The molecule has 0 fully saturated rings. The van der Waals surface area contributed by atoms with Crippen LogP contribution >= 0.6 is 0 Å². The summed E-state index contributed by atoms with van der Waals surface area (Å²) < 4.78 is 39.5. The van der Waals surface area contributed by atoms with Crippen LogP contribution < -0.4 is 10.6 Å². The lowest BCUT2D eigenvalue weighted by Gasteiger charge is -2.28. The highest BCUT2D eigenvalue weighted by atomic mass is 19.4. The third kappa shape index (κ3) is 4.14. The minimum Gasteiger partial charge on any atom is -0.337 e. The maximum Gasteiger partial charge on any atom is 0.395 e. The van der Waals surface area contributed by atoms with Crippen LogP contribution in [-0.2, 0) is 7.05 Å². The minimum atomic E-state index is -4.37. The van der Waals surface area contributed by atoms with Crippen molar-refractivity contribution in [3.8, 4) is 0 Å². The van der Waals surface area contributed by atoms with E-state index in [1.54, 1.807) is 31.0 Å². The molecule has 5 nitrogen and oxygen atoms in total. The van der Waals surface area contributed by atoms with E-state index in [9.17, 15) is 18.0 Å². The van der Waals surface area contributed by atoms with Gasteiger partial charge in [0.2, 0.25) is 0 Å².